The molecule has 26 heavy (non-hydrogen) atoms. The number of carbonyl (C=O) groups excluding carboxylic acids is 1. The number of rotatable bonds is 5. The van der Waals surface area contributed by atoms with Crippen LogP contribution in [0.1, 0.15) is 27.5 Å². The SMILES string of the molecule is Cc1ccc([C@@H](CN2CCOCC2)NC(=O)c2ccc(F)c(F)c2)cc1. The first-order valence-electron chi connectivity index (χ1n) is 8.65. The second-order valence-corrected chi connectivity index (χ2v) is 6.48. The first kappa shape index (κ1) is 18.5. The molecule has 1 fully saturated rings. The number of halogens is 2. The Balaban J connectivity index is 1.78. The maximum Gasteiger partial charge on any atom is 0.251 e. The molecule has 1 aliphatic rings. The lowest BCUT2D eigenvalue weighted by molar-refractivity contribution is 0.0332. The summed E-state index contributed by atoms with van der Waals surface area (Å²) in [5.74, 6) is -2.43. The molecular weight excluding hydrogens is 338 g/mol. The number of hydrogen-bond acceptors (Lipinski definition) is 3. The molecule has 0 radical (unpaired) electrons. The van der Waals surface area contributed by atoms with E-state index in [1.165, 1.54) is 6.07 Å². The van der Waals surface area contributed by atoms with Crippen molar-refractivity contribution in [1.29, 1.82) is 0 Å². The van der Waals surface area contributed by atoms with Crippen molar-refractivity contribution in [2.75, 3.05) is 32.8 Å². The minimum absolute atomic E-state index is 0.1000. The molecular formula is C20H22F2N2O2. The third-order valence-corrected chi connectivity index (χ3v) is 4.51. The van der Waals surface area contributed by atoms with E-state index in [0.717, 1.165) is 36.3 Å². The fraction of sp³-hybridized carbons (Fsp3) is 0.350. The van der Waals surface area contributed by atoms with Crippen LogP contribution in [0.15, 0.2) is 42.5 Å². The molecule has 4 nitrogen and oxygen atoms in total. The van der Waals surface area contributed by atoms with Gasteiger partial charge >= 0.3 is 0 Å². The Morgan fingerprint density at radius 2 is 1.81 bits per heavy atom. The Morgan fingerprint density at radius 1 is 1.12 bits per heavy atom. The standard InChI is InChI=1S/C20H22F2N2O2/c1-14-2-4-15(5-3-14)19(13-24-8-10-26-11-9-24)23-20(25)16-6-7-17(21)18(22)12-16/h2-7,12,19H,8-11,13H2,1H3,(H,23,25)/t19-/m1/s1. The van der Waals surface area contributed by atoms with Gasteiger partial charge in [0.15, 0.2) is 11.6 Å². The average Bonchev–Trinajstić information content (AvgIpc) is 2.65. The molecule has 1 atom stereocenters. The molecule has 6 heteroatoms. The van der Waals surface area contributed by atoms with Crippen LogP contribution in [-0.4, -0.2) is 43.7 Å². The van der Waals surface area contributed by atoms with Gasteiger partial charge in [-0.15, -0.1) is 0 Å². The molecule has 0 unspecified atom stereocenters. The Kier molecular flexibility index (Phi) is 5.96. The molecule has 1 heterocycles. The van der Waals surface area contributed by atoms with E-state index in [1.54, 1.807) is 0 Å². The van der Waals surface area contributed by atoms with Crippen LogP contribution in [-0.2, 0) is 4.74 Å². The molecule has 3 rings (SSSR count). The maximum absolute atomic E-state index is 13.4. The van der Waals surface area contributed by atoms with Crippen LogP contribution in [0.25, 0.3) is 0 Å². The van der Waals surface area contributed by atoms with Crippen LogP contribution >= 0.6 is 0 Å². The summed E-state index contributed by atoms with van der Waals surface area (Å²) in [5.41, 5.74) is 2.20. The first-order valence-corrected chi connectivity index (χ1v) is 8.65. The molecule has 0 aliphatic carbocycles. The van der Waals surface area contributed by atoms with Gasteiger partial charge in [-0.3, -0.25) is 9.69 Å². The van der Waals surface area contributed by atoms with Crippen molar-refractivity contribution in [2.24, 2.45) is 0 Å². The van der Waals surface area contributed by atoms with Crippen LogP contribution in [0.2, 0.25) is 0 Å². The maximum atomic E-state index is 13.4. The molecule has 1 aliphatic heterocycles. The van der Waals surface area contributed by atoms with Gasteiger partial charge in [0.1, 0.15) is 0 Å². The molecule has 0 spiro atoms. The molecule has 1 saturated heterocycles. The highest BCUT2D eigenvalue weighted by atomic mass is 19.2. The van der Waals surface area contributed by atoms with Gasteiger partial charge in [0.05, 0.1) is 19.3 Å². The van der Waals surface area contributed by atoms with Gasteiger partial charge in [0.2, 0.25) is 0 Å². The number of nitrogens with zero attached hydrogens (tertiary/aromatic N) is 1. The second kappa shape index (κ2) is 8.38. The number of aryl methyl sites for hydroxylation is 1. The van der Waals surface area contributed by atoms with Crippen LogP contribution in [0.3, 0.4) is 0 Å². The summed E-state index contributed by atoms with van der Waals surface area (Å²) in [7, 11) is 0. The number of carbonyl (C=O) groups is 1. The van der Waals surface area contributed by atoms with Crippen LogP contribution in [0.4, 0.5) is 8.78 Å². The quantitative estimate of drug-likeness (QED) is 0.891. The fourth-order valence-electron chi connectivity index (χ4n) is 2.95. The lowest BCUT2D eigenvalue weighted by Gasteiger charge is -2.31. The summed E-state index contributed by atoms with van der Waals surface area (Å²) in [5, 5.41) is 2.95. The first-order chi connectivity index (χ1) is 12.5. The summed E-state index contributed by atoms with van der Waals surface area (Å²) < 4.78 is 31.9. The van der Waals surface area contributed by atoms with Crippen molar-refractivity contribution in [3.05, 3.63) is 70.8 Å². The predicted molar refractivity (Wildman–Crippen MR) is 95.0 cm³/mol. The van der Waals surface area contributed by atoms with Crippen molar-refractivity contribution in [3.63, 3.8) is 0 Å². The predicted octanol–water partition coefficient (Wildman–Crippen LogP) is 3.08. The van der Waals surface area contributed by atoms with Crippen LogP contribution in [0.5, 0.6) is 0 Å². The molecule has 0 saturated carbocycles. The van der Waals surface area contributed by atoms with E-state index in [1.807, 2.05) is 31.2 Å². The van der Waals surface area contributed by atoms with E-state index in [2.05, 4.69) is 10.2 Å². The normalized spacial score (nSPS) is 16.3. The van der Waals surface area contributed by atoms with Crippen molar-refractivity contribution >= 4 is 5.91 Å². The molecule has 1 amide bonds. The molecule has 0 aromatic heterocycles. The van der Waals surface area contributed by atoms with Crippen molar-refractivity contribution < 1.29 is 18.3 Å². The van der Waals surface area contributed by atoms with E-state index < -0.39 is 17.5 Å². The Labute approximate surface area is 151 Å². The number of nitrogens with one attached hydrogen (secondary N) is 1. The summed E-state index contributed by atoms with van der Waals surface area (Å²) in [4.78, 5) is 14.8. The highest BCUT2D eigenvalue weighted by molar-refractivity contribution is 5.94. The molecule has 0 bridgehead atoms. The summed E-state index contributed by atoms with van der Waals surface area (Å²) in [6.07, 6.45) is 0. The molecule has 2 aromatic rings. The molecule has 138 valence electrons. The largest absolute Gasteiger partial charge is 0.379 e. The van der Waals surface area contributed by atoms with E-state index in [9.17, 15) is 13.6 Å². The summed E-state index contributed by atoms with van der Waals surface area (Å²) in [6, 6.07) is 10.9. The monoisotopic (exact) mass is 360 g/mol. The smallest absolute Gasteiger partial charge is 0.251 e. The highest BCUT2D eigenvalue weighted by Gasteiger charge is 2.21. The minimum atomic E-state index is -1.03. The minimum Gasteiger partial charge on any atom is -0.379 e. The second-order valence-electron chi connectivity index (χ2n) is 6.48. The van der Waals surface area contributed by atoms with E-state index in [0.29, 0.717) is 19.8 Å². The van der Waals surface area contributed by atoms with Crippen LogP contribution in [0, 0.1) is 18.6 Å². The molecule has 1 N–H and O–H groups in total. The third kappa shape index (κ3) is 4.65. The average molecular weight is 360 g/mol. The molecule has 2 aromatic carbocycles. The van der Waals surface area contributed by atoms with Crippen molar-refractivity contribution in [1.82, 2.24) is 10.2 Å². The zero-order valence-electron chi connectivity index (χ0n) is 14.7. The number of amides is 1. The lowest BCUT2D eigenvalue weighted by Crippen LogP contribution is -2.43. The Bertz CT molecular complexity index is 759. The highest BCUT2D eigenvalue weighted by Crippen LogP contribution is 2.18. The fourth-order valence-corrected chi connectivity index (χ4v) is 2.95. The number of ether oxygens (including phenoxy) is 1. The Morgan fingerprint density at radius 3 is 2.46 bits per heavy atom. The zero-order chi connectivity index (χ0) is 18.5. The van der Waals surface area contributed by atoms with Gasteiger partial charge in [0, 0.05) is 25.2 Å². The van der Waals surface area contributed by atoms with Crippen molar-refractivity contribution in [3.8, 4) is 0 Å². The van der Waals surface area contributed by atoms with Gasteiger partial charge in [-0.2, -0.15) is 0 Å². The lowest BCUT2D eigenvalue weighted by atomic mass is 10.0. The van der Waals surface area contributed by atoms with Crippen LogP contribution < -0.4 is 5.32 Å². The van der Waals surface area contributed by atoms with Gasteiger partial charge in [0.25, 0.3) is 5.91 Å². The van der Waals surface area contributed by atoms with Gasteiger partial charge in [-0.1, -0.05) is 29.8 Å². The topological polar surface area (TPSA) is 41.6 Å². The van der Waals surface area contributed by atoms with E-state index in [4.69, 9.17) is 4.74 Å². The van der Waals surface area contributed by atoms with Gasteiger partial charge in [-0.05, 0) is 30.7 Å². The van der Waals surface area contributed by atoms with Gasteiger partial charge in [-0.25, -0.2) is 8.78 Å². The van der Waals surface area contributed by atoms with Gasteiger partial charge < -0.3 is 10.1 Å². The Hall–Kier alpha value is -2.31. The number of benzene rings is 2. The summed E-state index contributed by atoms with van der Waals surface area (Å²) in [6.45, 7) is 5.55. The summed E-state index contributed by atoms with van der Waals surface area (Å²) >= 11 is 0. The van der Waals surface area contributed by atoms with E-state index >= 15 is 0 Å². The zero-order valence-corrected chi connectivity index (χ0v) is 14.7. The number of hydrogen-bond donors (Lipinski definition) is 1. The third-order valence-electron chi connectivity index (χ3n) is 4.51. The number of morpholine rings is 1. The van der Waals surface area contributed by atoms with E-state index in [-0.39, 0.29) is 11.6 Å². The van der Waals surface area contributed by atoms with Crippen molar-refractivity contribution in [2.45, 2.75) is 13.0 Å².